The quantitative estimate of drug-likeness (QED) is 0.502. The number of amides is 2. The second-order valence-electron chi connectivity index (χ2n) is 7.78. The van der Waals surface area contributed by atoms with Crippen molar-refractivity contribution in [3.63, 3.8) is 0 Å². The standard InChI is InChI=1S/C25H25FN2O4/c1-32-19-11-12-20(23(30)15-19)24-21(13-14-22(29)16-7-9-17(26)10-8-16)27-25(31)28(24)18-5-3-2-4-6-18/h2-12,15,21-22,24,29-30H,13-14H2,1H3,(H,27,31)/t21-,22+,24-/m1/s1. The largest absolute Gasteiger partial charge is 0.507 e. The average Bonchev–Trinajstić information content (AvgIpc) is 3.14. The molecule has 32 heavy (non-hydrogen) atoms. The number of carbonyl (C=O) groups is 1. The smallest absolute Gasteiger partial charge is 0.322 e. The zero-order valence-electron chi connectivity index (χ0n) is 17.6. The van der Waals surface area contributed by atoms with Gasteiger partial charge in [-0.25, -0.2) is 9.18 Å². The summed E-state index contributed by atoms with van der Waals surface area (Å²) in [6, 6.07) is 18.8. The fourth-order valence-electron chi connectivity index (χ4n) is 4.16. The number of urea groups is 1. The summed E-state index contributed by atoms with van der Waals surface area (Å²) in [7, 11) is 1.52. The van der Waals surface area contributed by atoms with Crippen molar-refractivity contribution < 1.29 is 24.1 Å². The van der Waals surface area contributed by atoms with E-state index in [1.807, 2.05) is 30.3 Å². The van der Waals surface area contributed by atoms with E-state index in [4.69, 9.17) is 4.74 Å². The minimum absolute atomic E-state index is 0.0239. The highest BCUT2D eigenvalue weighted by Crippen LogP contribution is 2.41. The zero-order chi connectivity index (χ0) is 22.7. The molecule has 3 N–H and O–H groups in total. The van der Waals surface area contributed by atoms with Crippen molar-refractivity contribution in [2.45, 2.75) is 31.0 Å². The first-order valence-corrected chi connectivity index (χ1v) is 10.4. The van der Waals surface area contributed by atoms with Gasteiger partial charge in [-0.2, -0.15) is 0 Å². The van der Waals surface area contributed by atoms with E-state index in [1.54, 1.807) is 29.2 Å². The van der Waals surface area contributed by atoms with Crippen LogP contribution < -0.4 is 15.0 Å². The number of carbonyl (C=O) groups excluding carboxylic acids is 1. The minimum Gasteiger partial charge on any atom is -0.507 e. The lowest BCUT2D eigenvalue weighted by atomic mass is 9.92. The van der Waals surface area contributed by atoms with Gasteiger partial charge in [0.2, 0.25) is 0 Å². The van der Waals surface area contributed by atoms with Crippen LogP contribution in [0.15, 0.2) is 72.8 Å². The van der Waals surface area contributed by atoms with Crippen molar-refractivity contribution in [3.8, 4) is 11.5 Å². The second-order valence-corrected chi connectivity index (χ2v) is 7.78. The molecule has 166 valence electrons. The molecule has 1 saturated heterocycles. The fourth-order valence-corrected chi connectivity index (χ4v) is 4.16. The number of aliphatic hydroxyl groups excluding tert-OH is 1. The minimum atomic E-state index is -0.802. The van der Waals surface area contributed by atoms with Crippen molar-refractivity contribution in [1.29, 1.82) is 0 Å². The van der Waals surface area contributed by atoms with E-state index in [-0.39, 0.29) is 23.6 Å². The maximum absolute atomic E-state index is 13.2. The number of phenols is 1. The number of nitrogens with zero attached hydrogens (tertiary/aromatic N) is 1. The van der Waals surface area contributed by atoms with Crippen molar-refractivity contribution in [2.24, 2.45) is 0 Å². The van der Waals surface area contributed by atoms with E-state index in [2.05, 4.69) is 5.32 Å². The monoisotopic (exact) mass is 436 g/mol. The Kier molecular flexibility index (Phi) is 6.28. The van der Waals surface area contributed by atoms with Gasteiger partial charge in [-0.05, 0) is 54.8 Å². The zero-order valence-corrected chi connectivity index (χ0v) is 17.6. The second kappa shape index (κ2) is 9.28. The summed E-state index contributed by atoms with van der Waals surface area (Å²) in [4.78, 5) is 14.6. The highest BCUT2D eigenvalue weighted by molar-refractivity contribution is 5.96. The van der Waals surface area contributed by atoms with Gasteiger partial charge >= 0.3 is 6.03 Å². The first-order valence-electron chi connectivity index (χ1n) is 10.4. The third kappa shape index (κ3) is 4.38. The van der Waals surface area contributed by atoms with Crippen LogP contribution in [0.3, 0.4) is 0 Å². The molecule has 1 aliphatic rings. The molecule has 6 nitrogen and oxygen atoms in total. The Morgan fingerprint density at radius 2 is 1.81 bits per heavy atom. The van der Waals surface area contributed by atoms with Gasteiger partial charge in [-0.1, -0.05) is 30.3 Å². The van der Waals surface area contributed by atoms with Gasteiger partial charge < -0.3 is 20.3 Å². The third-order valence-electron chi connectivity index (χ3n) is 5.78. The van der Waals surface area contributed by atoms with Gasteiger partial charge in [0.25, 0.3) is 0 Å². The Balaban J connectivity index is 1.63. The number of halogens is 1. The summed E-state index contributed by atoms with van der Waals surface area (Å²) < 4.78 is 18.4. The van der Waals surface area contributed by atoms with Crippen LogP contribution in [-0.4, -0.2) is 29.4 Å². The summed E-state index contributed by atoms with van der Waals surface area (Å²) in [5, 5.41) is 24.3. The van der Waals surface area contributed by atoms with Crippen molar-refractivity contribution in [1.82, 2.24) is 5.32 Å². The van der Waals surface area contributed by atoms with Gasteiger partial charge in [0.15, 0.2) is 0 Å². The third-order valence-corrected chi connectivity index (χ3v) is 5.78. The van der Waals surface area contributed by atoms with Crippen LogP contribution in [0, 0.1) is 5.82 Å². The number of ether oxygens (including phenoxy) is 1. The van der Waals surface area contributed by atoms with Crippen molar-refractivity contribution in [3.05, 3.63) is 89.7 Å². The Labute approximate surface area is 185 Å². The topological polar surface area (TPSA) is 82.0 Å². The molecular formula is C25H25FN2O4. The molecule has 0 bridgehead atoms. The van der Waals surface area contributed by atoms with Crippen LogP contribution in [0.2, 0.25) is 0 Å². The van der Waals surface area contributed by atoms with Crippen molar-refractivity contribution in [2.75, 3.05) is 12.0 Å². The lowest BCUT2D eigenvalue weighted by Gasteiger charge is -2.28. The number of anilines is 1. The van der Waals surface area contributed by atoms with Crippen LogP contribution >= 0.6 is 0 Å². The lowest BCUT2D eigenvalue weighted by Crippen LogP contribution is -2.29. The fraction of sp³-hybridized carbons (Fsp3) is 0.240. The van der Waals surface area contributed by atoms with E-state index in [1.165, 1.54) is 25.3 Å². The number of hydrogen-bond acceptors (Lipinski definition) is 4. The number of rotatable bonds is 7. The molecule has 0 radical (unpaired) electrons. The SMILES string of the molecule is COc1ccc([C@@H]2[C@@H](CC[C@H](O)c3ccc(F)cc3)NC(=O)N2c2ccccc2)c(O)c1. The molecule has 2 amide bonds. The van der Waals surface area contributed by atoms with Crippen LogP contribution in [0.25, 0.3) is 0 Å². The molecule has 0 saturated carbocycles. The summed E-state index contributed by atoms with van der Waals surface area (Å²) in [6.07, 6.45) is -0.000453. The molecule has 1 aliphatic heterocycles. The van der Waals surface area contributed by atoms with Gasteiger partial charge in [0.05, 0.1) is 25.3 Å². The normalized spacial score (nSPS) is 19.0. The average molecular weight is 436 g/mol. The summed E-state index contributed by atoms with van der Waals surface area (Å²) in [6.45, 7) is 0. The number of nitrogens with one attached hydrogen (secondary N) is 1. The van der Waals surface area contributed by atoms with Crippen LogP contribution in [0.5, 0.6) is 11.5 Å². The summed E-state index contributed by atoms with van der Waals surface area (Å²) in [5.74, 6) is 0.173. The van der Waals surface area contributed by atoms with Crippen LogP contribution in [-0.2, 0) is 0 Å². The van der Waals surface area contributed by atoms with E-state index in [0.29, 0.717) is 35.4 Å². The molecule has 3 aromatic carbocycles. The van der Waals surface area contributed by atoms with Gasteiger partial charge in [0.1, 0.15) is 17.3 Å². The maximum Gasteiger partial charge on any atom is 0.322 e. The molecule has 3 aromatic rings. The molecule has 0 spiro atoms. The predicted octanol–water partition coefficient (Wildman–Crippen LogP) is 4.69. The number of methoxy groups -OCH3 is 1. The van der Waals surface area contributed by atoms with E-state index in [9.17, 15) is 19.4 Å². The number of hydrogen-bond donors (Lipinski definition) is 3. The molecule has 1 heterocycles. The highest BCUT2D eigenvalue weighted by Gasteiger charge is 2.42. The molecule has 0 aliphatic carbocycles. The van der Waals surface area contributed by atoms with E-state index >= 15 is 0 Å². The van der Waals surface area contributed by atoms with Crippen LogP contribution in [0.4, 0.5) is 14.9 Å². The molecule has 4 rings (SSSR count). The Morgan fingerprint density at radius 3 is 2.47 bits per heavy atom. The van der Waals surface area contributed by atoms with Gasteiger partial charge in [0, 0.05) is 17.3 Å². The highest BCUT2D eigenvalue weighted by atomic mass is 19.1. The van der Waals surface area contributed by atoms with E-state index in [0.717, 1.165) is 0 Å². The number of para-hydroxylation sites is 1. The van der Waals surface area contributed by atoms with Gasteiger partial charge in [-0.15, -0.1) is 0 Å². The number of aliphatic hydroxyl groups is 1. The molecule has 0 unspecified atom stereocenters. The Bertz CT molecular complexity index is 1080. The number of aromatic hydroxyl groups is 1. The maximum atomic E-state index is 13.2. The molecule has 7 heteroatoms. The molecule has 3 atom stereocenters. The summed E-state index contributed by atoms with van der Waals surface area (Å²) in [5.41, 5.74) is 1.89. The predicted molar refractivity (Wildman–Crippen MR) is 119 cm³/mol. The van der Waals surface area contributed by atoms with Crippen LogP contribution in [0.1, 0.15) is 36.1 Å². The lowest BCUT2D eigenvalue weighted by molar-refractivity contribution is 0.159. The number of phenolic OH excluding ortho intramolecular Hbond substituents is 1. The Morgan fingerprint density at radius 1 is 1.09 bits per heavy atom. The molecule has 0 aromatic heterocycles. The van der Waals surface area contributed by atoms with Gasteiger partial charge in [-0.3, -0.25) is 4.90 Å². The first kappa shape index (κ1) is 21.6. The Hall–Kier alpha value is -3.58. The number of benzene rings is 3. The van der Waals surface area contributed by atoms with Crippen molar-refractivity contribution >= 4 is 11.7 Å². The molecular weight excluding hydrogens is 411 g/mol. The first-order chi connectivity index (χ1) is 15.5. The molecule has 1 fully saturated rings. The van der Waals surface area contributed by atoms with E-state index < -0.39 is 12.1 Å². The summed E-state index contributed by atoms with van der Waals surface area (Å²) >= 11 is 0.